The molecule has 0 saturated heterocycles. The van der Waals surface area contributed by atoms with Gasteiger partial charge >= 0.3 is 0 Å². The van der Waals surface area contributed by atoms with Gasteiger partial charge in [0.25, 0.3) is 0 Å². The van der Waals surface area contributed by atoms with Crippen LogP contribution in [-0.2, 0) is 0 Å². The van der Waals surface area contributed by atoms with Crippen molar-refractivity contribution in [3.05, 3.63) is 121 Å². The molecule has 4 aromatic rings. The zero-order valence-electron chi connectivity index (χ0n) is 17.9. The predicted molar refractivity (Wildman–Crippen MR) is 166 cm³/mol. The molecule has 0 spiro atoms. The Morgan fingerprint density at radius 1 is 0.394 bits per heavy atom. The molecule has 0 bridgehead atoms. The number of rotatable bonds is 7. The average Bonchev–Trinajstić information content (AvgIpc) is 2.83. The van der Waals surface area contributed by atoms with E-state index in [1.54, 1.807) is 0 Å². The van der Waals surface area contributed by atoms with Gasteiger partial charge < -0.3 is 0 Å². The lowest BCUT2D eigenvalue weighted by Crippen LogP contribution is -2.19. The van der Waals surface area contributed by atoms with Gasteiger partial charge in [-0.05, 0) is 113 Å². The topological polar surface area (TPSA) is 0 Å². The Kier molecular flexibility index (Phi) is 11.8. The van der Waals surface area contributed by atoms with Crippen LogP contribution in [0.4, 0.5) is 0 Å². The fraction of sp³-hybridized carbons (Fsp3) is 0.111. The third kappa shape index (κ3) is 10.0. The number of hydrogen-bond acceptors (Lipinski definition) is 0. The maximum absolute atomic E-state index is 3.12. The SMILES string of the molecule is BrC(Br)(Br)Br.c1ccc(P(CCP(c2ccccc2)c2ccccc2)c2ccccc2)cc1. The molecule has 0 fully saturated rings. The number of halogens is 4. The minimum atomic E-state index is -0.348. The average molecular weight is 730 g/mol. The van der Waals surface area contributed by atoms with Crippen molar-refractivity contribution in [2.45, 2.75) is 1.05 Å². The van der Waals surface area contributed by atoms with Crippen LogP contribution < -0.4 is 21.2 Å². The second-order valence-electron chi connectivity index (χ2n) is 7.07. The Morgan fingerprint density at radius 2 is 0.576 bits per heavy atom. The van der Waals surface area contributed by atoms with E-state index in [1.165, 1.54) is 33.5 Å². The van der Waals surface area contributed by atoms with Gasteiger partial charge in [-0.25, -0.2) is 0 Å². The Bertz CT molecular complexity index is 889. The molecule has 0 atom stereocenters. The minimum absolute atomic E-state index is 0.250. The number of benzene rings is 4. The monoisotopic (exact) mass is 726 g/mol. The first-order chi connectivity index (χ1) is 15.9. The first-order valence-electron chi connectivity index (χ1n) is 10.4. The summed E-state index contributed by atoms with van der Waals surface area (Å²) in [5, 5.41) is 5.89. The normalized spacial score (nSPS) is 11.2. The molecule has 0 amide bonds. The maximum Gasteiger partial charge on any atom is 0.189 e. The fourth-order valence-corrected chi connectivity index (χ4v) is 8.80. The molecule has 0 aliphatic rings. The molecular formula is C27H24Br4P2. The van der Waals surface area contributed by atoms with Crippen LogP contribution in [0.5, 0.6) is 0 Å². The molecule has 0 unspecified atom stereocenters. The maximum atomic E-state index is 3.12. The van der Waals surface area contributed by atoms with Crippen LogP contribution in [0.2, 0.25) is 0 Å². The molecule has 0 aliphatic carbocycles. The van der Waals surface area contributed by atoms with Gasteiger partial charge in [-0.1, -0.05) is 121 Å². The lowest BCUT2D eigenvalue weighted by Gasteiger charge is -2.24. The molecule has 4 aromatic carbocycles. The van der Waals surface area contributed by atoms with Crippen molar-refractivity contribution in [2.24, 2.45) is 0 Å². The van der Waals surface area contributed by atoms with Crippen molar-refractivity contribution < 1.29 is 0 Å². The smallest absolute Gasteiger partial charge is 0.0622 e. The molecule has 0 N–H and O–H groups in total. The highest BCUT2D eigenvalue weighted by Crippen LogP contribution is 2.41. The molecule has 6 heteroatoms. The molecule has 0 heterocycles. The van der Waals surface area contributed by atoms with Crippen LogP contribution in [0.15, 0.2) is 121 Å². The Hall–Kier alpha value is -0.340. The van der Waals surface area contributed by atoms with E-state index in [1.807, 2.05) is 0 Å². The lowest BCUT2D eigenvalue weighted by molar-refractivity contribution is 1.51. The van der Waals surface area contributed by atoms with Crippen molar-refractivity contribution >= 4 is 101 Å². The summed E-state index contributed by atoms with van der Waals surface area (Å²) in [7, 11) is -0.696. The molecule has 0 aliphatic heterocycles. The van der Waals surface area contributed by atoms with Gasteiger partial charge in [0.15, 0.2) is 1.05 Å². The largest absolute Gasteiger partial charge is 0.189 e. The second-order valence-corrected chi connectivity index (χ2v) is 22.9. The third-order valence-electron chi connectivity index (χ3n) is 4.82. The molecule has 4 rings (SSSR count). The lowest BCUT2D eigenvalue weighted by atomic mass is 10.4. The summed E-state index contributed by atoms with van der Waals surface area (Å²) in [4.78, 5) is 0. The summed E-state index contributed by atoms with van der Waals surface area (Å²) in [6.45, 7) is 0. The summed E-state index contributed by atoms with van der Waals surface area (Å²) < 4.78 is -0.250. The zero-order chi connectivity index (χ0) is 23.5. The van der Waals surface area contributed by atoms with Gasteiger partial charge in [0.05, 0.1) is 0 Å². The van der Waals surface area contributed by atoms with Crippen molar-refractivity contribution in [3.8, 4) is 0 Å². The van der Waals surface area contributed by atoms with Gasteiger partial charge in [0, 0.05) is 0 Å². The molecule has 0 nitrogen and oxygen atoms in total. The van der Waals surface area contributed by atoms with E-state index < -0.39 is 0 Å². The van der Waals surface area contributed by atoms with Crippen LogP contribution in [0.1, 0.15) is 0 Å². The molecule has 170 valence electrons. The third-order valence-corrected chi connectivity index (χ3v) is 10.2. The van der Waals surface area contributed by atoms with E-state index in [0.717, 1.165) is 0 Å². The Balaban J connectivity index is 0.000000555. The van der Waals surface area contributed by atoms with Gasteiger partial charge in [0.2, 0.25) is 0 Å². The summed E-state index contributed by atoms with van der Waals surface area (Å²) >= 11 is 12.5. The first kappa shape index (κ1) is 27.3. The van der Waals surface area contributed by atoms with Gasteiger partial charge in [-0.3, -0.25) is 0 Å². The van der Waals surface area contributed by atoms with Crippen molar-refractivity contribution in [1.29, 1.82) is 0 Å². The van der Waals surface area contributed by atoms with Gasteiger partial charge in [-0.2, -0.15) is 0 Å². The van der Waals surface area contributed by atoms with E-state index in [2.05, 4.69) is 185 Å². The molecule has 0 aromatic heterocycles. The molecule has 33 heavy (non-hydrogen) atoms. The van der Waals surface area contributed by atoms with Crippen LogP contribution in [0.25, 0.3) is 0 Å². The summed E-state index contributed by atoms with van der Waals surface area (Å²) in [6.07, 6.45) is 2.41. The van der Waals surface area contributed by atoms with Gasteiger partial charge in [-0.15, -0.1) is 0 Å². The molecular weight excluding hydrogens is 706 g/mol. The van der Waals surface area contributed by atoms with E-state index >= 15 is 0 Å². The standard InChI is InChI=1S/C26H24P2.CBr4/c1-5-13-23(14-6-1)27(24-15-7-2-8-16-24)21-22-28(25-17-9-3-10-18-25)26-19-11-4-12-20-26;2-1(3,4)5/h1-20H,21-22H2;. The van der Waals surface area contributed by atoms with Crippen LogP contribution in [0.3, 0.4) is 0 Å². The van der Waals surface area contributed by atoms with E-state index in [4.69, 9.17) is 0 Å². The highest BCUT2D eigenvalue weighted by atomic mass is 80.0. The van der Waals surface area contributed by atoms with Crippen LogP contribution >= 0.6 is 79.6 Å². The minimum Gasteiger partial charge on any atom is -0.0622 e. The first-order valence-corrected chi connectivity index (χ1v) is 16.7. The fourth-order valence-electron chi connectivity index (χ4n) is 3.45. The van der Waals surface area contributed by atoms with Crippen molar-refractivity contribution in [3.63, 3.8) is 0 Å². The highest BCUT2D eigenvalue weighted by Gasteiger charge is 2.19. The highest BCUT2D eigenvalue weighted by molar-refractivity contribution is 9.52. The van der Waals surface area contributed by atoms with Crippen molar-refractivity contribution in [1.82, 2.24) is 0 Å². The molecule has 0 radical (unpaired) electrons. The summed E-state index contributed by atoms with van der Waals surface area (Å²) in [5.74, 6) is 0. The van der Waals surface area contributed by atoms with Crippen LogP contribution in [0, 0.1) is 0 Å². The van der Waals surface area contributed by atoms with Crippen LogP contribution in [-0.4, -0.2) is 13.4 Å². The zero-order valence-corrected chi connectivity index (χ0v) is 26.0. The Morgan fingerprint density at radius 3 is 0.758 bits per heavy atom. The van der Waals surface area contributed by atoms with Crippen molar-refractivity contribution in [2.75, 3.05) is 12.3 Å². The summed E-state index contributed by atoms with van der Waals surface area (Å²) in [5.41, 5.74) is 0. The molecule has 0 saturated carbocycles. The predicted octanol–water partition coefficient (Wildman–Crippen LogP) is 8.43. The second kappa shape index (κ2) is 14.3. The van der Waals surface area contributed by atoms with E-state index in [-0.39, 0.29) is 16.9 Å². The van der Waals surface area contributed by atoms with E-state index in [0.29, 0.717) is 0 Å². The number of alkyl halides is 4. The van der Waals surface area contributed by atoms with Gasteiger partial charge in [0.1, 0.15) is 0 Å². The van der Waals surface area contributed by atoms with E-state index in [9.17, 15) is 0 Å². The Labute approximate surface area is 233 Å². The summed E-state index contributed by atoms with van der Waals surface area (Å²) in [6, 6.07) is 44.2. The number of hydrogen-bond donors (Lipinski definition) is 0. The quantitative estimate of drug-likeness (QED) is 0.132.